The monoisotopic (exact) mass is 406 g/mol. The van der Waals surface area contributed by atoms with Gasteiger partial charge in [0.15, 0.2) is 11.4 Å². The first-order chi connectivity index (χ1) is 14.2. The summed E-state index contributed by atoms with van der Waals surface area (Å²) in [5, 5.41) is 1.84. The molecule has 148 valence electrons. The Labute approximate surface area is 174 Å². The van der Waals surface area contributed by atoms with E-state index in [9.17, 15) is 0 Å². The van der Waals surface area contributed by atoms with Crippen LogP contribution in [0.2, 0.25) is 5.02 Å². The number of aromatic nitrogens is 2. The molecule has 4 aromatic rings. The normalized spacial score (nSPS) is 15.4. The predicted molar refractivity (Wildman–Crippen MR) is 118 cm³/mol. The molecule has 1 fully saturated rings. The SMILES string of the molecule is CCc1nc(N2CCN(Cc3ccc(Cl)cc3)CC2)c2oc3ccccc3c2n1. The average molecular weight is 407 g/mol. The minimum atomic E-state index is 0.781. The molecule has 0 saturated carbocycles. The maximum atomic E-state index is 6.18. The molecule has 6 heteroatoms. The van der Waals surface area contributed by atoms with Crippen LogP contribution >= 0.6 is 11.6 Å². The van der Waals surface area contributed by atoms with Gasteiger partial charge in [-0.1, -0.05) is 42.8 Å². The number of nitrogens with zero attached hydrogens (tertiary/aromatic N) is 4. The first-order valence-electron chi connectivity index (χ1n) is 10.1. The minimum absolute atomic E-state index is 0.781. The Morgan fingerprint density at radius 3 is 2.48 bits per heavy atom. The highest BCUT2D eigenvalue weighted by Gasteiger charge is 2.23. The first-order valence-corrected chi connectivity index (χ1v) is 10.5. The fourth-order valence-corrected chi connectivity index (χ4v) is 4.09. The number of piperazine rings is 1. The zero-order chi connectivity index (χ0) is 19.8. The molecule has 0 N–H and O–H groups in total. The van der Waals surface area contributed by atoms with Crippen molar-refractivity contribution in [3.8, 4) is 0 Å². The van der Waals surface area contributed by atoms with Crippen LogP contribution in [0.4, 0.5) is 5.82 Å². The lowest BCUT2D eigenvalue weighted by molar-refractivity contribution is 0.249. The Morgan fingerprint density at radius 1 is 0.966 bits per heavy atom. The number of fused-ring (bicyclic) bond motifs is 3. The molecule has 1 aliphatic heterocycles. The Morgan fingerprint density at radius 2 is 1.72 bits per heavy atom. The lowest BCUT2D eigenvalue weighted by Crippen LogP contribution is -2.46. The number of hydrogen-bond donors (Lipinski definition) is 0. The van der Waals surface area contributed by atoms with Gasteiger partial charge in [-0.25, -0.2) is 9.97 Å². The second-order valence-corrected chi connectivity index (χ2v) is 7.92. The van der Waals surface area contributed by atoms with Gasteiger partial charge >= 0.3 is 0 Å². The van der Waals surface area contributed by atoms with Crippen molar-refractivity contribution < 1.29 is 4.42 Å². The molecule has 3 heterocycles. The smallest absolute Gasteiger partial charge is 0.196 e. The second-order valence-electron chi connectivity index (χ2n) is 7.48. The minimum Gasteiger partial charge on any atom is -0.450 e. The predicted octanol–water partition coefficient (Wildman–Crippen LogP) is 4.91. The zero-order valence-electron chi connectivity index (χ0n) is 16.4. The fourth-order valence-electron chi connectivity index (χ4n) is 3.96. The summed E-state index contributed by atoms with van der Waals surface area (Å²) in [6.07, 6.45) is 0.805. The summed E-state index contributed by atoms with van der Waals surface area (Å²) in [6, 6.07) is 16.2. The summed E-state index contributed by atoms with van der Waals surface area (Å²) >= 11 is 6.00. The maximum absolute atomic E-state index is 6.18. The summed E-state index contributed by atoms with van der Waals surface area (Å²) in [4.78, 5) is 14.4. The summed E-state index contributed by atoms with van der Waals surface area (Å²) < 4.78 is 6.18. The molecule has 0 bridgehead atoms. The van der Waals surface area contributed by atoms with Gasteiger partial charge in [-0.15, -0.1) is 0 Å². The largest absolute Gasteiger partial charge is 0.450 e. The molecule has 0 radical (unpaired) electrons. The molecule has 0 unspecified atom stereocenters. The average Bonchev–Trinajstić information content (AvgIpc) is 3.14. The molecule has 0 amide bonds. The van der Waals surface area contributed by atoms with Gasteiger partial charge in [0.25, 0.3) is 0 Å². The molecule has 2 aromatic heterocycles. The summed E-state index contributed by atoms with van der Waals surface area (Å²) in [5.41, 5.74) is 3.88. The van der Waals surface area contributed by atoms with E-state index in [0.717, 1.165) is 77.9 Å². The number of halogens is 1. The molecule has 0 aliphatic carbocycles. The lowest BCUT2D eigenvalue weighted by atomic mass is 10.2. The highest BCUT2D eigenvalue weighted by Crippen LogP contribution is 2.33. The van der Waals surface area contributed by atoms with Crippen LogP contribution in [0.25, 0.3) is 22.1 Å². The highest BCUT2D eigenvalue weighted by molar-refractivity contribution is 6.30. The van der Waals surface area contributed by atoms with Crippen LogP contribution < -0.4 is 4.90 Å². The summed E-state index contributed by atoms with van der Waals surface area (Å²) in [6.45, 7) is 6.83. The van der Waals surface area contributed by atoms with Crippen molar-refractivity contribution in [2.75, 3.05) is 31.1 Å². The van der Waals surface area contributed by atoms with Gasteiger partial charge in [0.1, 0.15) is 16.9 Å². The van der Waals surface area contributed by atoms with Crippen molar-refractivity contribution in [1.82, 2.24) is 14.9 Å². The molecular weight excluding hydrogens is 384 g/mol. The van der Waals surface area contributed by atoms with E-state index in [1.807, 2.05) is 30.3 Å². The van der Waals surface area contributed by atoms with E-state index in [4.69, 9.17) is 26.0 Å². The topological polar surface area (TPSA) is 45.4 Å². The van der Waals surface area contributed by atoms with Gasteiger partial charge in [0.2, 0.25) is 0 Å². The number of rotatable bonds is 4. The van der Waals surface area contributed by atoms with Crippen LogP contribution in [-0.2, 0) is 13.0 Å². The van der Waals surface area contributed by atoms with Gasteiger partial charge in [0, 0.05) is 49.6 Å². The molecule has 0 atom stereocenters. The van der Waals surface area contributed by atoms with E-state index >= 15 is 0 Å². The quantitative estimate of drug-likeness (QED) is 0.481. The number of benzene rings is 2. The number of para-hydroxylation sites is 1. The van der Waals surface area contributed by atoms with Crippen LogP contribution in [-0.4, -0.2) is 41.0 Å². The number of anilines is 1. The summed E-state index contributed by atoms with van der Waals surface area (Å²) in [5.74, 6) is 1.79. The van der Waals surface area contributed by atoms with E-state index in [2.05, 4.69) is 34.9 Å². The van der Waals surface area contributed by atoms with Crippen molar-refractivity contribution in [3.05, 3.63) is 64.9 Å². The number of aryl methyl sites for hydroxylation is 1. The van der Waals surface area contributed by atoms with E-state index in [1.54, 1.807) is 0 Å². The maximum Gasteiger partial charge on any atom is 0.196 e. The van der Waals surface area contributed by atoms with Crippen molar-refractivity contribution in [3.63, 3.8) is 0 Å². The van der Waals surface area contributed by atoms with Gasteiger partial charge in [0.05, 0.1) is 0 Å². The third-order valence-electron chi connectivity index (χ3n) is 5.56. The van der Waals surface area contributed by atoms with Crippen LogP contribution in [0.5, 0.6) is 0 Å². The van der Waals surface area contributed by atoms with Crippen LogP contribution in [0, 0.1) is 0 Å². The molecule has 5 nitrogen and oxygen atoms in total. The third-order valence-corrected chi connectivity index (χ3v) is 5.81. The number of hydrogen-bond acceptors (Lipinski definition) is 5. The molecule has 29 heavy (non-hydrogen) atoms. The van der Waals surface area contributed by atoms with Crippen molar-refractivity contribution >= 4 is 39.5 Å². The Kier molecular flexibility index (Phi) is 4.86. The van der Waals surface area contributed by atoms with Gasteiger partial charge in [-0.05, 0) is 29.8 Å². The van der Waals surface area contributed by atoms with Crippen LogP contribution in [0.3, 0.4) is 0 Å². The second kappa shape index (κ2) is 7.65. The molecule has 1 saturated heterocycles. The van der Waals surface area contributed by atoms with E-state index in [1.165, 1.54) is 5.56 Å². The Hall–Kier alpha value is -2.63. The first kappa shape index (κ1) is 18.4. The van der Waals surface area contributed by atoms with Crippen LogP contribution in [0.1, 0.15) is 18.3 Å². The highest BCUT2D eigenvalue weighted by atomic mass is 35.5. The molecule has 1 aliphatic rings. The van der Waals surface area contributed by atoms with Gasteiger partial charge in [-0.3, -0.25) is 4.90 Å². The van der Waals surface area contributed by atoms with Crippen molar-refractivity contribution in [2.24, 2.45) is 0 Å². The molecule has 5 rings (SSSR count). The zero-order valence-corrected chi connectivity index (χ0v) is 17.2. The van der Waals surface area contributed by atoms with E-state index in [0.29, 0.717) is 0 Å². The Bertz CT molecular complexity index is 1150. The third kappa shape index (κ3) is 3.56. The molecule has 2 aromatic carbocycles. The fraction of sp³-hybridized carbons (Fsp3) is 0.304. The van der Waals surface area contributed by atoms with Crippen LogP contribution in [0.15, 0.2) is 52.9 Å². The Balaban J connectivity index is 1.40. The molecule has 0 spiro atoms. The number of furan rings is 1. The van der Waals surface area contributed by atoms with Gasteiger partial charge in [-0.2, -0.15) is 0 Å². The van der Waals surface area contributed by atoms with E-state index in [-0.39, 0.29) is 0 Å². The van der Waals surface area contributed by atoms with E-state index < -0.39 is 0 Å². The molecular formula is C23H23ClN4O. The van der Waals surface area contributed by atoms with Crippen molar-refractivity contribution in [1.29, 1.82) is 0 Å². The summed E-state index contributed by atoms with van der Waals surface area (Å²) in [7, 11) is 0. The standard InChI is InChI=1S/C23H23ClN4O/c1-2-20-25-21-18-5-3-4-6-19(18)29-22(21)23(26-20)28-13-11-27(12-14-28)15-16-7-9-17(24)10-8-16/h3-10H,2,11-15H2,1H3. The lowest BCUT2D eigenvalue weighted by Gasteiger charge is -2.35. The van der Waals surface area contributed by atoms with Crippen molar-refractivity contribution in [2.45, 2.75) is 19.9 Å². The van der Waals surface area contributed by atoms with Gasteiger partial charge < -0.3 is 9.32 Å².